The van der Waals surface area contributed by atoms with Crippen LogP contribution in [0.15, 0.2) is 10.7 Å². The first kappa shape index (κ1) is 12.8. The molecule has 4 nitrogen and oxygen atoms in total. The molecule has 0 amide bonds. The number of aromatic nitrogens is 1. The van der Waals surface area contributed by atoms with Crippen molar-refractivity contribution < 1.29 is 23.4 Å². The lowest BCUT2D eigenvalue weighted by molar-refractivity contribution is -0.136. The number of ether oxygens (including phenoxy) is 1. The summed E-state index contributed by atoms with van der Waals surface area (Å²) in [6, 6.07) is 0. The second kappa shape index (κ2) is 5.20. The van der Waals surface area contributed by atoms with Gasteiger partial charge in [0.2, 0.25) is 0 Å². The summed E-state index contributed by atoms with van der Waals surface area (Å²) in [5.74, 6) is -1.31. The minimum absolute atomic E-state index is 0.0822. The molecule has 1 heterocycles. The summed E-state index contributed by atoms with van der Waals surface area (Å²) in [5, 5.41) is 8.57. The molecule has 1 aromatic heterocycles. The van der Waals surface area contributed by atoms with E-state index in [9.17, 15) is 13.6 Å². The first-order valence-corrected chi connectivity index (χ1v) is 4.97. The normalized spacial score (nSPS) is 10.6. The van der Waals surface area contributed by atoms with Gasteiger partial charge in [0.25, 0.3) is 6.43 Å². The third-order valence-electron chi connectivity index (χ3n) is 1.85. The van der Waals surface area contributed by atoms with Crippen LogP contribution in [-0.2, 0) is 11.2 Å². The Morgan fingerprint density at radius 3 is 2.75 bits per heavy atom. The standard InChI is InChI=1S/C9H8BrF2NO3/c1-16-8-4(10)3-13-5(2-6(14)15)7(8)9(11)12/h3,9H,2H2,1H3,(H,14,15). The van der Waals surface area contributed by atoms with Gasteiger partial charge in [0.1, 0.15) is 5.75 Å². The number of methoxy groups -OCH3 is 1. The van der Waals surface area contributed by atoms with Gasteiger partial charge in [-0.05, 0) is 15.9 Å². The fourth-order valence-electron chi connectivity index (χ4n) is 1.24. The molecular formula is C9H8BrF2NO3. The van der Waals surface area contributed by atoms with Crippen molar-refractivity contribution in [2.24, 2.45) is 0 Å². The maximum atomic E-state index is 12.8. The molecular weight excluding hydrogens is 288 g/mol. The van der Waals surface area contributed by atoms with Crippen LogP contribution in [0.4, 0.5) is 8.78 Å². The molecule has 0 spiro atoms. The van der Waals surface area contributed by atoms with Crippen molar-refractivity contribution in [3.63, 3.8) is 0 Å². The van der Waals surface area contributed by atoms with Gasteiger partial charge in [-0.2, -0.15) is 0 Å². The van der Waals surface area contributed by atoms with Gasteiger partial charge in [-0.1, -0.05) is 0 Å². The average Bonchev–Trinajstić information content (AvgIpc) is 2.18. The first-order valence-electron chi connectivity index (χ1n) is 4.18. The predicted molar refractivity (Wildman–Crippen MR) is 54.8 cm³/mol. The number of hydrogen-bond donors (Lipinski definition) is 1. The van der Waals surface area contributed by atoms with E-state index in [2.05, 4.69) is 20.9 Å². The fraction of sp³-hybridized carbons (Fsp3) is 0.333. The second-order valence-electron chi connectivity index (χ2n) is 2.87. The van der Waals surface area contributed by atoms with Crippen molar-refractivity contribution in [2.45, 2.75) is 12.8 Å². The van der Waals surface area contributed by atoms with Gasteiger partial charge in [0.05, 0.1) is 29.3 Å². The largest absolute Gasteiger partial charge is 0.495 e. The molecule has 0 aromatic carbocycles. The predicted octanol–water partition coefficient (Wildman–Crippen LogP) is 2.42. The molecule has 7 heteroatoms. The SMILES string of the molecule is COc1c(Br)cnc(CC(=O)O)c1C(F)F. The number of aliphatic carboxylic acids is 1. The molecule has 0 atom stereocenters. The Morgan fingerprint density at radius 1 is 1.69 bits per heavy atom. The van der Waals surface area contributed by atoms with E-state index < -0.39 is 24.4 Å². The van der Waals surface area contributed by atoms with E-state index in [0.717, 1.165) is 0 Å². The van der Waals surface area contributed by atoms with E-state index >= 15 is 0 Å². The van der Waals surface area contributed by atoms with Gasteiger partial charge >= 0.3 is 5.97 Å². The molecule has 0 fully saturated rings. The highest BCUT2D eigenvalue weighted by Gasteiger charge is 2.23. The molecule has 0 saturated heterocycles. The van der Waals surface area contributed by atoms with E-state index in [4.69, 9.17) is 9.84 Å². The van der Waals surface area contributed by atoms with Crippen LogP contribution in [0.5, 0.6) is 5.75 Å². The lowest BCUT2D eigenvalue weighted by Crippen LogP contribution is -2.08. The number of nitrogens with zero attached hydrogens (tertiary/aromatic N) is 1. The van der Waals surface area contributed by atoms with Crippen molar-refractivity contribution >= 4 is 21.9 Å². The monoisotopic (exact) mass is 295 g/mol. The van der Waals surface area contributed by atoms with Crippen LogP contribution in [0.1, 0.15) is 17.7 Å². The smallest absolute Gasteiger partial charge is 0.309 e. The Kier molecular flexibility index (Phi) is 4.17. The summed E-state index contributed by atoms with van der Waals surface area (Å²) < 4.78 is 30.6. The topological polar surface area (TPSA) is 59.4 Å². The van der Waals surface area contributed by atoms with Gasteiger partial charge in [-0.3, -0.25) is 9.78 Å². The third-order valence-corrected chi connectivity index (χ3v) is 2.41. The summed E-state index contributed by atoms with van der Waals surface area (Å²) >= 11 is 3.01. The second-order valence-corrected chi connectivity index (χ2v) is 3.73. The highest BCUT2D eigenvalue weighted by molar-refractivity contribution is 9.10. The van der Waals surface area contributed by atoms with E-state index in [1.807, 2.05) is 0 Å². The lowest BCUT2D eigenvalue weighted by atomic mass is 10.1. The Balaban J connectivity index is 3.32. The quantitative estimate of drug-likeness (QED) is 0.927. The number of carboxylic acid groups (broad SMARTS) is 1. The molecule has 0 radical (unpaired) electrons. The van der Waals surface area contributed by atoms with Crippen molar-refractivity contribution in [3.05, 3.63) is 21.9 Å². The van der Waals surface area contributed by atoms with E-state index in [1.165, 1.54) is 13.3 Å². The summed E-state index contributed by atoms with van der Waals surface area (Å²) in [6.07, 6.45) is -2.17. The molecule has 16 heavy (non-hydrogen) atoms. The van der Waals surface area contributed by atoms with Crippen molar-refractivity contribution in [1.82, 2.24) is 4.98 Å². The number of hydrogen-bond acceptors (Lipinski definition) is 3. The molecule has 0 aliphatic rings. The van der Waals surface area contributed by atoms with Crippen molar-refractivity contribution in [3.8, 4) is 5.75 Å². The number of rotatable bonds is 4. The molecule has 1 N–H and O–H groups in total. The molecule has 1 aromatic rings. The molecule has 0 unspecified atom stereocenters. The maximum absolute atomic E-state index is 12.8. The van der Waals surface area contributed by atoms with Crippen LogP contribution >= 0.6 is 15.9 Å². The van der Waals surface area contributed by atoms with Gasteiger partial charge in [0, 0.05) is 6.20 Å². The fourth-order valence-corrected chi connectivity index (χ4v) is 1.72. The number of alkyl halides is 2. The summed E-state index contributed by atoms with van der Waals surface area (Å²) in [7, 11) is 1.23. The number of pyridine rings is 1. The van der Waals surface area contributed by atoms with Crippen LogP contribution in [0.25, 0.3) is 0 Å². The highest BCUT2D eigenvalue weighted by Crippen LogP contribution is 2.36. The lowest BCUT2D eigenvalue weighted by Gasteiger charge is -2.12. The molecule has 0 bridgehead atoms. The van der Waals surface area contributed by atoms with E-state index in [0.29, 0.717) is 0 Å². The molecule has 0 saturated carbocycles. The zero-order chi connectivity index (χ0) is 12.3. The Hall–Kier alpha value is -1.24. The molecule has 0 aliphatic carbocycles. The minimum atomic E-state index is -2.84. The first-order chi connectivity index (χ1) is 7.47. The molecule has 1 rings (SSSR count). The molecule has 88 valence electrons. The van der Waals surface area contributed by atoms with Crippen LogP contribution in [0.2, 0.25) is 0 Å². The van der Waals surface area contributed by atoms with Crippen LogP contribution < -0.4 is 4.74 Å². The van der Waals surface area contributed by atoms with Gasteiger partial charge in [-0.25, -0.2) is 8.78 Å². The van der Waals surface area contributed by atoms with Crippen LogP contribution in [-0.4, -0.2) is 23.2 Å². The minimum Gasteiger partial charge on any atom is -0.495 e. The van der Waals surface area contributed by atoms with Gasteiger partial charge in [0.15, 0.2) is 0 Å². The number of halogens is 3. The zero-order valence-corrected chi connectivity index (χ0v) is 9.79. The maximum Gasteiger partial charge on any atom is 0.309 e. The zero-order valence-electron chi connectivity index (χ0n) is 8.21. The Labute approximate surface area is 98.4 Å². The third kappa shape index (κ3) is 2.66. The summed E-state index contributed by atoms with van der Waals surface area (Å²) in [4.78, 5) is 14.2. The molecule has 0 aliphatic heterocycles. The number of carbonyl (C=O) groups is 1. The van der Waals surface area contributed by atoms with Gasteiger partial charge in [-0.15, -0.1) is 0 Å². The average molecular weight is 296 g/mol. The van der Waals surface area contributed by atoms with Crippen LogP contribution in [0.3, 0.4) is 0 Å². The van der Waals surface area contributed by atoms with E-state index in [1.54, 1.807) is 0 Å². The summed E-state index contributed by atoms with van der Waals surface area (Å²) in [5.41, 5.74) is -0.679. The van der Waals surface area contributed by atoms with Gasteiger partial charge < -0.3 is 9.84 Å². The Bertz CT molecular complexity index is 412. The summed E-state index contributed by atoms with van der Waals surface area (Å²) in [6.45, 7) is 0. The number of carboxylic acids is 1. The Morgan fingerprint density at radius 2 is 2.31 bits per heavy atom. The van der Waals surface area contributed by atoms with Crippen LogP contribution in [0, 0.1) is 0 Å². The highest BCUT2D eigenvalue weighted by atomic mass is 79.9. The van der Waals surface area contributed by atoms with E-state index in [-0.39, 0.29) is 15.9 Å². The van der Waals surface area contributed by atoms with Crippen molar-refractivity contribution in [1.29, 1.82) is 0 Å². The van der Waals surface area contributed by atoms with Crippen molar-refractivity contribution in [2.75, 3.05) is 7.11 Å².